The Morgan fingerprint density at radius 2 is 1.26 bits per heavy atom. The minimum atomic E-state index is 0.600. The van der Waals surface area contributed by atoms with Gasteiger partial charge in [0.2, 0.25) is 0 Å². The molecule has 0 saturated heterocycles. The van der Waals surface area contributed by atoms with Crippen molar-refractivity contribution < 1.29 is 14.2 Å². The molecule has 35 heavy (non-hydrogen) atoms. The van der Waals surface area contributed by atoms with Crippen molar-refractivity contribution in [2.45, 2.75) is 90.9 Å². The molecule has 0 atom stereocenters. The number of ether oxygens (including phenoxy) is 3. The lowest BCUT2D eigenvalue weighted by Gasteiger charge is -2.07. The van der Waals surface area contributed by atoms with Crippen LogP contribution >= 0.6 is 0 Å². The molecule has 0 aliphatic heterocycles. The molecule has 0 aliphatic carbocycles. The summed E-state index contributed by atoms with van der Waals surface area (Å²) in [5.41, 5.74) is 0.961. The maximum absolute atomic E-state index is 5.82. The number of benzene rings is 1. The van der Waals surface area contributed by atoms with Crippen molar-refractivity contribution in [1.82, 2.24) is 9.97 Å². The molecule has 0 bridgehead atoms. The molecule has 1 aromatic carbocycles. The Hall–Kier alpha value is -2.40. The van der Waals surface area contributed by atoms with E-state index in [0.29, 0.717) is 24.8 Å². The highest BCUT2D eigenvalue weighted by Gasteiger charge is 2.03. The van der Waals surface area contributed by atoms with Crippen molar-refractivity contribution in [1.29, 1.82) is 0 Å². The van der Waals surface area contributed by atoms with Gasteiger partial charge in [0.15, 0.2) is 11.6 Å². The normalized spacial score (nSPS) is 11.3. The summed E-state index contributed by atoms with van der Waals surface area (Å²) >= 11 is 0. The van der Waals surface area contributed by atoms with Gasteiger partial charge in [-0.3, -0.25) is 0 Å². The highest BCUT2D eigenvalue weighted by molar-refractivity contribution is 5.56. The maximum Gasteiger partial charge on any atom is 0.159 e. The average Bonchev–Trinajstić information content (AvgIpc) is 2.89. The molecule has 194 valence electrons. The van der Waals surface area contributed by atoms with Gasteiger partial charge in [-0.05, 0) is 56.4 Å². The highest BCUT2D eigenvalue weighted by Crippen LogP contribution is 2.20. The van der Waals surface area contributed by atoms with Crippen LogP contribution in [0.2, 0.25) is 0 Å². The van der Waals surface area contributed by atoms with Crippen LogP contribution < -0.4 is 9.47 Å². The lowest BCUT2D eigenvalue weighted by Crippen LogP contribution is -2.02. The fraction of sp³-hybridized carbons (Fsp3) is 0.600. The van der Waals surface area contributed by atoms with Gasteiger partial charge in [0, 0.05) is 18.8 Å². The largest absolute Gasteiger partial charge is 0.490 e. The standard InChI is InChI=1S/C30H46N2O3/c1-3-5-7-8-9-10-11-12-14-23-34-28-19-17-27(18-20-28)30-31-25-29(26-32-30)35-24-16-15-22-33-21-13-6-4-2/h12,14,17-20,25-26H,3-11,13,15-16,21-24H2,1-2H3. The molecule has 5 nitrogen and oxygen atoms in total. The third kappa shape index (κ3) is 13.9. The van der Waals surface area contributed by atoms with Crippen LogP contribution in [0.3, 0.4) is 0 Å². The third-order valence-corrected chi connectivity index (χ3v) is 5.82. The number of hydrogen-bond acceptors (Lipinski definition) is 5. The SMILES string of the molecule is CCCCCCCCC=CCOc1ccc(-c2ncc(OCCCCOCCCCC)cn2)cc1. The maximum atomic E-state index is 5.82. The van der Waals surface area contributed by atoms with Crippen molar-refractivity contribution in [2.75, 3.05) is 26.4 Å². The van der Waals surface area contributed by atoms with Gasteiger partial charge in [-0.2, -0.15) is 0 Å². The molecule has 0 saturated carbocycles. The van der Waals surface area contributed by atoms with Gasteiger partial charge < -0.3 is 14.2 Å². The Morgan fingerprint density at radius 3 is 2.00 bits per heavy atom. The molecule has 0 spiro atoms. The summed E-state index contributed by atoms with van der Waals surface area (Å²) in [5.74, 6) is 2.24. The van der Waals surface area contributed by atoms with Gasteiger partial charge in [0.05, 0.1) is 19.0 Å². The van der Waals surface area contributed by atoms with E-state index >= 15 is 0 Å². The Morgan fingerprint density at radius 1 is 0.629 bits per heavy atom. The second kappa shape index (κ2) is 19.9. The van der Waals surface area contributed by atoms with Gasteiger partial charge in [-0.15, -0.1) is 0 Å². The number of allylic oxidation sites excluding steroid dienone is 1. The zero-order valence-corrected chi connectivity index (χ0v) is 22.1. The smallest absolute Gasteiger partial charge is 0.159 e. The zero-order valence-electron chi connectivity index (χ0n) is 22.1. The number of unbranched alkanes of at least 4 members (excludes halogenated alkanes) is 9. The Balaban J connectivity index is 1.58. The second-order valence-electron chi connectivity index (χ2n) is 8.98. The van der Waals surface area contributed by atoms with Gasteiger partial charge in [-0.25, -0.2) is 9.97 Å². The summed E-state index contributed by atoms with van der Waals surface area (Å²) in [4.78, 5) is 8.90. The van der Waals surface area contributed by atoms with Crippen LogP contribution in [0.15, 0.2) is 48.8 Å². The number of rotatable bonds is 21. The average molecular weight is 483 g/mol. The second-order valence-corrected chi connectivity index (χ2v) is 8.98. The van der Waals surface area contributed by atoms with Crippen LogP contribution in [0.4, 0.5) is 0 Å². The van der Waals surface area contributed by atoms with E-state index in [1.165, 1.54) is 51.4 Å². The summed E-state index contributed by atoms with van der Waals surface area (Å²) < 4.78 is 17.2. The van der Waals surface area contributed by atoms with E-state index < -0.39 is 0 Å². The van der Waals surface area contributed by atoms with E-state index in [0.717, 1.165) is 50.2 Å². The zero-order chi connectivity index (χ0) is 24.8. The number of nitrogens with zero attached hydrogens (tertiary/aromatic N) is 2. The van der Waals surface area contributed by atoms with Crippen LogP contribution in [-0.2, 0) is 4.74 Å². The summed E-state index contributed by atoms with van der Waals surface area (Å²) in [5, 5.41) is 0. The highest BCUT2D eigenvalue weighted by atomic mass is 16.5. The number of aromatic nitrogens is 2. The molecule has 0 unspecified atom stereocenters. The molecule has 1 heterocycles. The minimum Gasteiger partial charge on any atom is -0.490 e. The fourth-order valence-corrected chi connectivity index (χ4v) is 3.67. The van der Waals surface area contributed by atoms with Crippen LogP contribution in [0.25, 0.3) is 11.4 Å². The lowest BCUT2D eigenvalue weighted by molar-refractivity contribution is 0.122. The first-order valence-corrected chi connectivity index (χ1v) is 13.7. The van der Waals surface area contributed by atoms with E-state index in [9.17, 15) is 0 Å². The Bertz CT molecular complexity index is 775. The lowest BCUT2D eigenvalue weighted by atomic mass is 10.1. The molecule has 0 fully saturated rings. The predicted molar refractivity (Wildman–Crippen MR) is 145 cm³/mol. The molecule has 0 radical (unpaired) electrons. The molecule has 1 aromatic heterocycles. The van der Waals surface area contributed by atoms with Crippen LogP contribution in [0.5, 0.6) is 11.5 Å². The van der Waals surface area contributed by atoms with Crippen LogP contribution in [0.1, 0.15) is 90.9 Å². The molecular weight excluding hydrogens is 436 g/mol. The summed E-state index contributed by atoms with van der Waals surface area (Å²) in [6.45, 7) is 7.39. The summed E-state index contributed by atoms with van der Waals surface area (Å²) in [6.07, 6.45) is 22.6. The molecule has 5 heteroatoms. The minimum absolute atomic E-state index is 0.600. The Labute approximate surface area is 213 Å². The van der Waals surface area contributed by atoms with E-state index in [2.05, 4.69) is 36.0 Å². The first-order chi connectivity index (χ1) is 17.3. The Kier molecular flexibility index (Phi) is 16.4. The summed E-state index contributed by atoms with van der Waals surface area (Å²) in [7, 11) is 0. The van der Waals surface area contributed by atoms with Crippen molar-refractivity contribution in [2.24, 2.45) is 0 Å². The van der Waals surface area contributed by atoms with Gasteiger partial charge >= 0.3 is 0 Å². The van der Waals surface area contributed by atoms with Gasteiger partial charge in [0.1, 0.15) is 12.4 Å². The van der Waals surface area contributed by atoms with Crippen LogP contribution in [-0.4, -0.2) is 36.4 Å². The van der Waals surface area contributed by atoms with E-state index in [-0.39, 0.29) is 0 Å². The van der Waals surface area contributed by atoms with E-state index in [1.54, 1.807) is 12.4 Å². The third-order valence-electron chi connectivity index (χ3n) is 5.82. The van der Waals surface area contributed by atoms with E-state index in [1.807, 2.05) is 24.3 Å². The molecule has 2 rings (SSSR count). The van der Waals surface area contributed by atoms with E-state index in [4.69, 9.17) is 14.2 Å². The quantitative estimate of drug-likeness (QED) is 0.133. The van der Waals surface area contributed by atoms with Crippen molar-refractivity contribution >= 4 is 0 Å². The molecule has 2 aromatic rings. The van der Waals surface area contributed by atoms with Crippen molar-refractivity contribution in [3.63, 3.8) is 0 Å². The molecular formula is C30H46N2O3. The number of hydrogen-bond donors (Lipinski definition) is 0. The van der Waals surface area contributed by atoms with Gasteiger partial charge in [0.25, 0.3) is 0 Å². The molecule has 0 amide bonds. The predicted octanol–water partition coefficient (Wildman–Crippen LogP) is 8.20. The first-order valence-electron chi connectivity index (χ1n) is 13.7. The van der Waals surface area contributed by atoms with Crippen LogP contribution in [0, 0.1) is 0 Å². The van der Waals surface area contributed by atoms with Crippen molar-refractivity contribution in [3.8, 4) is 22.9 Å². The molecule has 0 aliphatic rings. The molecule has 0 N–H and O–H groups in total. The topological polar surface area (TPSA) is 53.5 Å². The van der Waals surface area contributed by atoms with Gasteiger partial charge in [-0.1, -0.05) is 70.9 Å². The first kappa shape index (κ1) is 28.8. The van der Waals surface area contributed by atoms with Crippen molar-refractivity contribution in [3.05, 3.63) is 48.8 Å². The monoisotopic (exact) mass is 482 g/mol. The summed E-state index contributed by atoms with van der Waals surface area (Å²) in [6, 6.07) is 7.92. The fourth-order valence-electron chi connectivity index (χ4n) is 3.67.